The van der Waals surface area contributed by atoms with Gasteiger partial charge in [0, 0.05) is 11.3 Å². The third-order valence-corrected chi connectivity index (χ3v) is 6.79. The van der Waals surface area contributed by atoms with E-state index < -0.39 is 5.91 Å². The number of hydrogen-bond acceptors (Lipinski definition) is 6. The predicted molar refractivity (Wildman–Crippen MR) is 146 cm³/mol. The van der Waals surface area contributed by atoms with Crippen LogP contribution < -0.4 is 29.5 Å². The van der Waals surface area contributed by atoms with E-state index >= 15 is 0 Å². The molecule has 0 saturated carbocycles. The van der Waals surface area contributed by atoms with Crippen molar-refractivity contribution in [3.05, 3.63) is 103 Å². The highest BCUT2D eigenvalue weighted by atomic mass is 32.1. The van der Waals surface area contributed by atoms with E-state index in [4.69, 9.17) is 9.47 Å². The fraction of sp³-hybridized carbons (Fsp3) is 0.138. The van der Waals surface area contributed by atoms with Gasteiger partial charge in [-0.2, -0.15) is 5.26 Å². The molecule has 4 aromatic rings. The summed E-state index contributed by atoms with van der Waals surface area (Å²) >= 11 is 1.06. The number of aromatic nitrogens is 1. The summed E-state index contributed by atoms with van der Waals surface area (Å²) in [5, 5.41) is 12.8. The molecular formula is C29H25N3O4S. The molecule has 0 saturated heterocycles. The number of carbonyl (C=O) groups excluding carboxylic acids is 1. The van der Waals surface area contributed by atoms with Crippen LogP contribution in [0.1, 0.15) is 16.7 Å². The molecular weight excluding hydrogens is 486 g/mol. The first kappa shape index (κ1) is 25.5. The Hall–Kier alpha value is -4.61. The third kappa shape index (κ3) is 5.47. The summed E-state index contributed by atoms with van der Waals surface area (Å²) in [6, 6.07) is 21.9. The van der Waals surface area contributed by atoms with Crippen molar-refractivity contribution >= 4 is 34.6 Å². The van der Waals surface area contributed by atoms with Crippen molar-refractivity contribution in [2.45, 2.75) is 13.8 Å². The Labute approximate surface area is 218 Å². The van der Waals surface area contributed by atoms with Crippen LogP contribution in [0.3, 0.4) is 0 Å². The van der Waals surface area contributed by atoms with E-state index in [9.17, 15) is 14.9 Å². The SMILES string of the molecule is COc1ccc(OC)c(/C=c2/s/c(=C(/C#N)C(=O)Nc3ccc(C)cc3)n(-c3ccc(C)cc3)c2=O)c1. The molecule has 0 radical (unpaired) electrons. The van der Waals surface area contributed by atoms with Crippen LogP contribution in [-0.4, -0.2) is 24.7 Å². The van der Waals surface area contributed by atoms with E-state index in [1.54, 1.807) is 62.8 Å². The molecule has 0 atom stereocenters. The van der Waals surface area contributed by atoms with Gasteiger partial charge in [0.2, 0.25) is 0 Å². The summed E-state index contributed by atoms with van der Waals surface area (Å²) in [4.78, 5) is 26.9. The van der Waals surface area contributed by atoms with Gasteiger partial charge in [-0.1, -0.05) is 35.4 Å². The quantitative estimate of drug-likeness (QED) is 0.426. The Balaban J connectivity index is 1.98. The van der Waals surface area contributed by atoms with Crippen LogP contribution in [0.2, 0.25) is 0 Å². The summed E-state index contributed by atoms with van der Waals surface area (Å²) in [5.41, 5.74) is 3.27. The van der Waals surface area contributed by atoms with Crippen LogP contribution >= 0.6 is 11.3 Å². The summed E-state index contributed by atoms with van der Waals surface area (Å²) in [5.74, 6) is 0.557. The topological polar surface area (TPSA) is 93.3 Å². The molecule has 0 aliphatic heterocycles. The number of methoxy groups -OCH3 is 2. The molecule has 1 amide bonds. The number of hydrogen-bond donors (Lipinski definition) is 1. The van der Waals surface area contributed by atoms with Crippen LogP contribution in [0, 0.1) is 25.2 Å². The number of anilines is 1. The van der Waals surface area contributed by atoms with E-state index in [1.807, 2.05) is 44.2 Å². The van der Waals surface area contributed by atoms with Crippen molar-refractivity contribution in [1.29, 1.82) is 5.26 Å². The zero-order valence-electron chi connectivity index (χ0n) is 20.9. The van der Waals surface area contributed by atoms with Gasteiger partial charge < -0.3 is 14.8 Å². The van der Waals surface area contributed by atoms with Gasteiger partial charge in [0.15, 0.2) is 5.57 Å². The van der Waals surface area contributed by atoms with Crippen molar-refractivity contribution in [3.63, 3.8) is 0 Å². The lowest BCUT2D eigenvalue weighted by Gasteiger charge is -2.06. The van der Waals surface area contributed by atoms with E-state index in [1.165, 1.54) is 4.57 Å². The molecule has 3 aromatic carbocycles. The maximum absolute atomic E-state index is 13.7. The fourth-order valence-electron chi connectivity index (χ4n) is 3.70. The highest BCUT2D eigenvalue weighted by Crippen LogP contribution is 2.24. The summed E-state index contributed by atoms with van der Waals surface area (Å²) in [7, 11) is 3.10. The molecule has 0 unspecified atom stereocenters. The number of nitrogens with one attached hydrogen (secondary N) is 1. The summed E-state index contributed by atoms with van der Waals surface area (Å²) in [6.07, 6.45) is 1.68. The molecule has 186 valence electrons. The van der Waals surface area contributed by atoms with Gasteiger partial charge in [-0.25, -0.2) is 0 Å². The summed E-state index contributed by atoms with van der Waals surface area (Å²) in [6.45, 7) is 3.89. The molecule has 0 aliphatic rings. The second-order valence-corrected chi connectivity index (χ2v) is 9.34. The summed E-state index contributed by atoms with van der Waals surface area (Å²) < 4.78 is 12.7. The zero-order valence-corrected chi connectivity index (χ0v) is 21.7. The van der Waals surface area contributed by atoms with Crippen LogP contribution in [0.15, 0.2) is 71.5 Å². The Bertz CT molecular complexity index is 1680. The van der Waals surface area contributed by atoms with Crippen LogP contribution in [-0.2, 0) is 4.79 Å². The molecule has 0 aliphatic carbocycles. The average molecular weight is 512 g/mol. The van der Waals surface area contributed by atoms with Crippen molar-refractivity contribution < 1.29 is 14.3 Å². The molecule has 37 heavy (non-hydrogen) atoms. The van der Waals surface area contributed by atoms with E-state index in [2.05, 4.69) is 5.32 Å². The Kier molecular flexibility index (Phi) is 7.56. The zero-order chi connectivity index (χ0) is 26.5. The molecule has 1 heterocycles. The predicted octanol–water partition coefficient (Wildman–Crippen LogP) is 3.67. The van der Waals surface area contributed by atoms with E-state index in [0.717, 1.165) is 22.5 Å². The highest BCUT2D eigenvalue weighted by molar-refractivity contribution is 7.07. The Morgan fingerprint density at radius 3 is 2.22 bits per heavy atom. The van der Waals surface area contributed by atoms with Gasteiger partial charge in [-0.3, -0.25) is 14.2 Å². The van der Waals surface area contributed by atoms with Gasteiger partial charge in [0.05, 0.1) is 24.4 Å². The number of aryl methyl sites for hydroxylation is 2. The lowest BCUT2D eigenvalue weighted by atomic mass is 10.2. The van der Waals surface area contributed by atoms with Crippen molar-refractivity contribution in [2.75, 3.05) is 19.5 Å². The lowest BCUT2D eigenvalue weighted by molar-refractivity contribution is -0.111. The second-order valence-electron chi connectivity index (χ2n) is 8.31. The van der Waals surface area contributed by atoms with Gasteiger partial charge in [0.1, 0.15) is 22.2 Å². The molecule has 4 rings (SSSR count). The monoisotopic (exact) mass is 511 g/mol. The first-order valence-electron chi connectivity index (χ1n) is 11.4. The number of ether oxygens (including phenoxy) is 2. The standard InChI is InChI=1S/C29H25N3O4S/c1-18-5-9-21(10-6-18)31-27(33)24(17-30)29-32(22-11-7-19(2)8-12-22)28(34)26(37-29)16-20-15-23(35-3)13-14-25(20)36-4/h5-16H,1-4H3,(H,31,33)/b26-16+,29-24-. The number of rotatable bonds is 6. The molecule has 0 spiro atoms. The number of thiazole rings is 1. The molecule has 0 bridgehead atoms. The fourth-order valence-corrected chi connectivity index (χ4v) is 4.79. The van der Waals surface area contributed by atoms with Crippen molar-refractivity contribution in [1.82, 2.24) is 4.57 Å². The van der Waals surface area contributed by atoms with Crippen LogP contribution in [0.25, 0.3) is 17.3 Å². The molecule has 0 fully saturated rings. The average Bonchev–Trinajstić information content (AvgIpc) is 3.21. The first-order chi connectivity index (χ1) is 17.8. The number of amides is 1. The molecule has 7 nitrogen and oxygen atoms in total. The minimum atomic E-state index is -0.598. The van der Waals surface area contributed by atoms with Crippen LogP contribution in [0.5, 0.6) is 11.5 Å². The Morgan fingerprint density at radius 1 is 0.973 bits per heavy atom. The first-order valence-corrected chi connectivity index (χ1v) is 12.2. The molecule has 1 aromatic heterocycles. The third-order valence-electron chi connectivity index (χ3n) is 5.70. The maximum atomic E-state index is 13.7. The normalized spacial score (nSPS) is 12.0. The van der Waals surface area contributed by atoms with E-state index in [0.29, 0.717) is 33.0 Å². The molecule has 8 heteroatoms. The van der Waals surface area contributed by atoms with E-state index in [-0.39, 0.29) is 15.8 Å². The highest BCUT2D eigenvalue weighted by Gasteiger charge is 2.18. The number of carbonyl (C=O) groups is 1. The van der Waals surface area contributed by atoms with Crippen molar-refractivity contribution in [3.8, 4) is 23.3 Å². The minimum absolute atomic E-state index is 0.166. The molecule has 1 N–H and O–H groups in total. The Morgan fingerprint density at radius 2 is 1.62 bits per heavy atom. The van der Waals surface area contributed by atoms with Crippen molar-refractivity contribution in [2.24, 2.45) is 0 Å². The maximum Gasteiger partial charge on any atom is 0.273 e. The van der Waals surface area contributed by atoms with Gasteiger partial charge in [-0.05, 0) is 62.4 Å². The minimum Gasteiger partial charge on any atom is -0.497 e. The number of nitrogens with zero attached hydrogens (tertiary/aromatic N) is 2. The number of benzene rings is 3. The van der Waals surface area contributed by atoms with Gasteiger partial charge in [-0.15, -0.1) is 11.3 Å². The number of nitriles is 1. The second kappa shape index (κ2) is 11.0. The lowest BCUT2D eigenvalue weighted by Crippen LogP contribution is -2.32. The largest absolute Gasteiger partial charge is 0.497 e. The van der Waals surface area contributed by atoms with Gasteiger partial charge in [0.25, 0.3) is 11.5 Å². The van der Waals surface area contributed by atoms with Gasteiger partial charge >= 0.3 is 0 Å². The smallest absolute Gasteiger partial charge is 0.273 e. The van der Waals surface area contributed by atoms with Crippen LogP contribution in [0.4, 0.5) is 5.69 Å².